The van der Waals surface area contributed by atoms with Gasteiger partial charge in [-0.25, -0.2) is 4.98 Å². The highest BCUT2D eigenvalue weighted by molar-refractivity contribution is 9.10. The summed E-state index contributed by atoms with van der Waals surface area (Å²) < 4.78 is 1.01. The Hall–Kier alpha value is -1.88. The fourth-order valence-corrected chi connectivity index (χ4v) is 3.85. The lowest BCUT2D eigenvalue weighted by Crippen LogP contribution is -2.12. The molecule has 6 heteroatoms. The van der Waals surface area contributed by atoms with E-state index >= 15 is 0 Å². The standard InChI is InChI=1S/C21H17BrCl2N2O/c1-13-4-2-3-5-17(13)18(14-6-8-16(22)9-7-14)12-19(26-27)15-10-20(23)25-21(24)11-15/h2-11,18,27H,12H2,1H3/b26-19+. The van der Waals surface area contributed by atoms with Crippen molar-refractivity contribution in [3.63, 3.8) is 0 Å². The fourth-order valence-electron chi connectivity index (χ4n) is 3.12. The van der Waals surface area contributed by atoms with Crippen molar-refractivity contribution in [1.82, 2.24) is 4.98 Å². The highest BCUT2D eigenvalue weighted by atomic mass is 79.9. The van der Waals surface area contributed by atoms with Crippen molar-refractivity contribution < 1.29 is 5.21 Å². The maximum Gasteiger partial charge on any atom is 0.131 e. The molecule has 0 aliphatic carbocycles. The minimum absolute atomic E-state index is 0.0101. The number of hydrogen-bond acceptors (Lipinski definition) is 3. The zero-order chi connectivity index (χ0) is 19.4. The summed E-state index contributed by atoms with van der Waals surface area (Å²) in [4.78, 5) is 3.96. The predicted molar refractivity (Wildman–Crippen MR) is 114 cm³/mol. The number of halogens is 3. The lowest BCUT2D eigenvalue weighted by Gasteiger charge is -2.21. The molecule has 0 fully saturated rings. The van der Waals surface area contributed by atoms with Crippen molar-refractivity contribution in [2.75, 3.05) is 0 Å². The molecule has 0 bridgehead atoms. The topological polar surface area (TPSA) is 45.5 Å². The monoisotopic (exact) mass is 462 g/mol. The molecule has 138 valence electrons. The molecule has 1 heterocycles. The summed E-state index contributed by atoms with van der Waals surface area (Å²) in [5.74, 6) is 0.0101. The van der Waals surface area contributed by atoms with Gasteiger partial charge in [-0.05, 0) is 47.9 Å². The van der Waals surface area contributed by atoms with Crippen LogP contribution in [0.3, 0.4) is 0 Å². The third-order valence-electron chi connectivity index (χ3n) is 4.45. The summed E-state index contributed by atoms with van der Waals surface area (Å²) in [5, 5.41) is 13.8. The highest BCUT2D eigenvalue weighted by Crippen LogP contribution is 2.33. The van der Waals surface area contributed by atoms with E-state index in [9.17, 15) is 5.21 Å². The molecule has 0 saturated heterocycles. The molecule has 3 rings (SSSR count). The molecule has 0 amide bonds. The zero-order valence-corrected chi connectivity index (χ0v) is 17.6. The van der Waals surface area contributed by atoms with Crippen molar-refractivity contribution in [3.8, 4) is 0 Å². The Labute approximate surface area is 176 Å². The predicted octanol–water partition coefficient (Wildman–Crippen LogP) is 6.86. The average Bonchev–Trinajstić information content (AvgIpc) is 2.64. The van der Waals surface area contributed by atoms with Crippen LogP contribution in [0.4, 0.5) is 0 Å². The van der Waals surface area contributed by atoms with E-state index in [1.165, 1.54) is 11.1 Å². The molecule has 27 heavy (non-hydrogen) atoms. The first-order valence-electron chi connectivity index (χ1n) is 8.33. The summed E-state index contributed by atoms with van der Waals surface area (Å²) in [5.41, 5.74) is 4.62. The van der Waals surface area contributed by atoms with E-state index in [-0.39, 0.29) is 16.2 Å². The summed E-state index contributed by atoms with van der Waals surface area (Å²) >= 11 is 15.5. The fraction of sp³-hybridized carbons (Fsp3) is 0.143. The maximum absolute atomic E-state index is 9.69. The number of rotatable bonds is 5. The Balaban J connectivity index is 2.05. The van der Waals surface area contributed by atoms with E-state index < -0.39 is 0 Å². The molecule has 0 saturated carbocycles. The Kier molecular flexibility index (Phi) is 6.53. The summed E-state index contributed by atoms with van der Waals surface area (Å²) in [6, 6.07) is 19.7. The lowest BCUT2D eigenvalue weighted by atomic mass is 9.83. The Morgan fingerprint density at radius 3 is 2.30 bits per heavy atom. The van der Waals surface area contributed by atoms with Gasteiger partial charge < -0.3 is 5.21 Å². The van der Waals surface area contributed by atoms with Crippen LogP contribution < -0.4 is 0 Å². The molecule has 1 unspecified atom stereocenters. The van der Waals surface area contributed by atoms with Crippen molar-refractivity contribution in [3.05, 3.63) is 97.7 Å². The smallest absolute Gasteiger partial charge is 0.131 e. The van der Waals surface area contributed by atoms with Crippen molar-refractivity contribution in [1.29, 1.82) is 0 Å². The normalized spacial score (nSPS) is 12.8. The lowest BCUT2D eigenvalue weighted by molar-refractivity contribution is 0.317. The molecular formula is C21H17BrCl2N2O. The minimum atomic E-state index is 0.0101. The number of nitrogens with zero attached hydrogens (tertiary/aromatic N) is 2. The number of hydrogen-bond donors (Lipinski definition) is 1. The molecule has 3 aromatic rings. The first-order valence-corrected chi connectivity index (χ1v) is 9.88. The number of aryl methyl sites for hydroxylation is 1. The molecule has 0 aliphatic heterocycles. The second-order valence-corrected chi connectivity index (χ2v) is 7.90. The summed E-state index contributed by atoms with van der Waals surface area (Å²) in [7, 11) is 0. The Bertz CT molecular complexity index is 954. The molecule has 3 nitrogen and oxygen atoms in total. The van der Waals surface area contributed by atoms with Gasteiger partial charge in [0.25, 0.3) is 0 Å². The SMILES string of the molecule is Cc1ccccc1C(C/C(=N\O)c1cc(Cl)nc(Cl)c1)c1ccc(Br)cc1. The molecule has 0 aliphatic rings. The molecule has 1 N–H and O–H groups in total. The van der Waals surface area contributed by atoms with E-state index in [0.29, 0.717) is 17.7 Å². The van der Waals surface area contributed by atoms with E-state index in [2.05, 4.69) is 57.3 Å². The second kappa shape index (κ2) is 8.87. The van der Waals surface area contributed by atoms with Gasteiger partial charge in [0.15, 0.2) is 0 Å². The second-order valence-electron chi connectivity index (χ2n) is 6.21. The molecule has 1 atom stereocenters. The van der Waals surface area contributed by atoms with E-state index in [4.69, 9.17) is 23.2 Å². The number of benzene rings is 2. The van der Waals surface area contributed by atoms with Crippen molar-refractivity contribution in [2.24, 2.45) is 5.16 Å². The summed E-state index contributed by atoms with van der Waals surface area (Å²) in [6.45, 7) is 2.08. The van der Waals surface area contributed by atoms with Crippen LogP contribution in [-0.4, -0.2) is 15.9 Å². The van der Waals surface area contributed by atoms with Crippen LogP contribution in [-0.2, 0) is 0 Å². The molecule has 2 aromatic carbocycles. The van der Waals surface area contributed by atoms with Crippen molar-refractivity contribution >= 4 is 44.8 Å². The maximum atomic E-state index is 9.69. The third kappa shape index (κ3) is 4.89. The largest absolute Gasteiger partial charge is 0.411 e. The van der Waals surface area contributed by atoms with Crippen LogP contribution >= 0.6 is 39.1 Å². The van der Waals surface area contributed by atoms with Gasteiger partial charge in [0.2, 0.25) is 0 Å². The van der Waals surface area contributed by atoms with Gasteiger partial charge in [-0.2, -0.15) is 0 Å². The summed E-state index contributed by atoms with van der Waals surface area (Å²) in [6.07, 6.45) is 0.486. The number of aromatic nitrogens is 1. The highest BCUT2D eigenvalue weighted by Gasteiger charge is 2.21. The number of pyridine rings is 1. The van der Waals surface area contributed by atoms with Gasteiger partial charge in [0, 0.05) is 22.4 Å². The molecule has 0 spiro atoms. The zero-order valence-electron chi connectivity index (χ0n) is 14.5. The third-order valence-corrected chi connectivity index (χ3v) is 5.37. The van der Waals surface area contributed by atoms with Crippen molar-refractivity contribution in [2.45, 2.75) is 19.3 Å². The first-order chi connectivity index (χ1) is 13.0. The number of oxime groups is 1. The average molecular weight is 464 g/mol. The van der Waals surface area contributed by atoms with Gasteiger partial charge in [0.1, 0.15) is 10.3 Å². The van der Waals surface area contributed by atoms with Gasteiger partial charge >= 0.3 is 0 Å². The first kappa shape index (κ1) is 19.9. The Morgan fingerprint density at radius 1 is 1.07 bits per heavy atom. The van der Waals surface area contributed by atoms with Crippen LogP contribution in [0.2, 0.25) is 10.3 Å². The minimum Gasteiger partial charge on any atom is -0.411 e. The van der Waals surface area contributed by atoms with Crippen LogP contribution in [0.5, 0.6) is 0 Å². The quantitative estimate of drug-likeness (QED) is 0.194. The molecule has 0 radical (unpaired) electrons. The van der Waals surface area contributed by atoms with Gasteiger partial charge in [-0.3, -0.25) is 0 Å². The van der Waals surface area contributed by atoms with E-state index in [1.807, 2.05) is 24.3 Å². The van der Waals surface area contributed by atoms with E-state index in [0.717, 1.165) is 10.0 Å². The molecule has 1 aromatic heterocycles. The van der Waals surface area contributed by atoms with Crippen LogP contribution in [0.1, 0.15) is 34.6 Å². The van der Waals surface area contributed by atoms with E-state index in [1.54, 1.807) is 12.1 Å². The van der Waals surface area contributed by atoms with Crippen LogP contribution in [0, 0.1) is 6.92 Å². The Morgan fingerprint density at radius 2 is 1.70 bits per heavy atom. The van der Waals surface area contributed by atoms with Gasteiger partial charge in [-0.1, -0.05) is 80.7 Å². The van der Waals surface area contributed by atoms with Gasteiger partial charge in [0.05, 0.1) is 5.71 Å². The molecular weight excluding hydrogens is 447 g/mol. The van der Waals surface area contributed by atoms with Gasteiger partial charge in [-0.15, -0.1) is 0 Å². The van der Waals surface area contributed by atoms with Crippen LogP contribution in [0.15, 0.2) is 70.3 Å². The van der Waals surface area contributed by atoms with Crippen LogP contribution in [0.25, 0.3) is 0 Å².